The third-order valence-corrected chi connectivity index (χ3v) is 24.2. The van der Waals surface area contributed by atoms with Crippen LogP contribution in [0.25, 0.3) is 61.1 Å². The van der Waals surface area contributed by atoms with Crippen molar-refractivity contribution in [2.75, 3.05) is 0 Å². The van der Waals surface area contributed by atoms with Crippen LogP contribution in [0.3, 0.4) is 0 Å². The summed E-state index contributed by atoms with van der Waals surface area (Å²) in [5, 5.41) is 17.5. The first kappa shape index (κ1) is 81.5. The minimum Gasteiger partial charge on any atom is -0.330 e. The summed E-state index contributed by atoms with van der Waals surface area (Å²) in [4.78, 5) is 64.8. The zero-order valence-corrected chi connectivity index (χ0v) is 68.4. The summed E-state index contributed by atoms with van der Waals surface area (Å²) >= 11 is 0. The predicted molar refractivity (Wildman–Crippen MR) is 456 cm³/mol. The van der Waals surface area contributed by atoms with E-state index in [0.717, 1.165) is 83.4 Å². The second-order valence-corrected chi connectivity index (χ2v) is 32.6. The summed E-state index contributed by atoms with van der Waals surface area (Å²) in [5.41, 5.74) is 17.5. The highest BCUT2D eigenvalue weighted by molar-refractivity contribution is 7.89. The smallest absolute Gasteiger partial charge is 0.273 e. The zero-order chi connectivity index (χ0) is 86.0. The summed E-state index contributed by atoms with van der Waals surface area (Å²) in [6.07, 6.45) is 19.2. The molecule has 9 aromatic carbocycles. The van der Waals surface area contributed by atoms with Crippen molar-refractivity contribution in [1.29, 1.82) is 0 Å². The van der Waals surface area contributed by atoms with E-state index < -0.39 is 21.7 Å². The van der Waals surface area contributed by atoms with E-state index in [-0.39, 0.29) is 86.0 Å². The quantitative estimate of drug-likeness (QED) is 0.0875. The lowest BCUT2D eigenvalue weighted by molar-refractivity contribution is 0.0754. The van der Waals surface area contributed by atoms with Crippen LogP contribution in [-0.4, -0.2) is 110 Å². The molecule has 0 N–H and O–H groups in total. The molecule has 21 rings (SSSR count). The number of fused-ring (bicyclic) bond motifs is 6. The fraction of sp³-hybridized carbons (Fsp3) is 0.146. The molecule has 0 unspecified atom stereocenters. The van der Waals surface area contributed by atoms with Crippen LogP contribution in [-0.2, 0) is 104 Å². The van der Waals surface area contributed by atoms with Gasteiger partial charge in [0, 0.05) is 208 Å². The molecule has 4 amide bonds. The topological polar surface area (TPSA) is 221 Å². The lowest BCUT2D eigenvalue weighted by Crippen LogP contribution is -2.24. The fourth-order valence-electron chi connectivity index (χ4n) is 15.7. The van der Waals surface area contributed by atoms with Crippen molar-refractivity contribution in [2.45, 2.75) is 70.3 Å². The molecule has 0 aliphatic carbocycles. The Morgan fingerprint density at radius 1 is 0.347 bits per heavy atom. The average Bonchev–Trinajstić information content (AvgIpc) is 1.58. The number of aromatic nitrogens is 11. The van der Waals surface area contributed by atoms with Crippen LogP contribution < -0.4 is 0 Å². The van der Waals surface area contributed by atoms with Gasteiger partial charge in [0.05, 0.1) is 47.4 Å². The largest absolute Gasteiger partial charge is 0.330 e. The molecule has 12 heterocycles. The van der Waals surface area contributed by atoms with E-state index in [2.05, 4.69) is 30.4 Å². The SMILES string of the molecule is Cn1cc(-c2ccc(CN3Cc4ccccc4S3(=O)=O)c(F)c2)cn1.Cn1cc(-c2ccc(CN3Cc4cccnc4C3=O)c(F)c2)cn1.Cn1cc(-c2cnc(CN3Cc4ccccc4C3=O)c(F)c2)cn1.Cn1ncc2ccc(-c3ccc(CN4Cc5ccccc5C4=O)c(F)c3)cc21.O=C1c2ccccc2CN1Cc1ccc(-n2cccc2)cc1F. The van der Waals surface area contributed by atoms with Gasteiger partial charge in [-0.3, -0.25) is 47.9 Å². The highest BCUT2D eigenvalue weighted by Gasteiger charge is 2.36. The highest BCUT2D eigenvalue weighted by atomic mass is 32.2. The monoisotopic (exact) mass is 1680 g/mol. The van der Waals surface area contributed by atoms with Gasteiger partial charge in [-0.05, 0) is 129 Å². The Bertz CT molecular complexity index is 6770. The minimum atomic E-state index is -3.57. The van der Waals surface area contributed by atoms with E-state index in [0.29, 0.717) is 81.3 Å². The predicted octanol–water partition coefficient (Wildman–Crippen LogP) is 16.8. The van der Waals surface area contributed by atoms with Gasteiger partial charge in [-0.1, -0.05) is 133 Å². The molecule has 0 atom stereocenters. The molecule has 0 bridgehead atoms. The maximum atomic E-state index is 14.8. The van der Waals surface area contributed by atoms with Crippen LogP contribution >= 0.6 is 0 Å². The third kappa shape index (κ3) is 17.2. The van der Waals surface area contributed by atoms with Crippen LogP contribution in [0.2, 0.25) is 0 Å². The molecule has 0 fully saturated rings. The van der Waals surface area contributed by atoms with Gasteiger partial charge in [0.1, 0.15) is 34.8 Å². The standard InChI is InChI=1S/C23H18FN3O.C19H15FN2O.2C18H15FN4O.C18H16FN3O2S/c1-26-22-11-16(6-8-17(22)12-25-26)15-7-9-19(21(24)10-15)14-27-13-18-4-2-3-5-20(18)23(27)28;20-18-11-16(21-9-3-4-10-21)8-7-15(18)13-22-12-14-5-1-2-6-17(14)19(22)23;1-22-9-15(8-21-22)12-4-5-13(16(19)7-12)10-23-11-14-3-2-6-20-17(14)18(23)24;1-22-9-14(8-21-22)13-6-16(19)17(20-7-13)11-23-10-12-4-2-3-5-15(12)18(23)24;1-21-10-16(9-20-21)13-6-7-14(17(19)8-13)11-22-12-15-4-2-3-5-18(15)25(22,23)24/h2-12H,13-14H2,1H3;1-11H,12-13H2;2*2-9H,10-11H2,1H3;2-10H,11-12H2,1H3. The zero-order valence-electron chi connectivity index (χ0n) is 67.6. The number of pyridine rings is 2. The first-order valence-corrected chi connectivity index (χ1v) is 41.2. The van der Waals surface area contributed by atoms with Crippen molar-refractivity contribution < 1.29 is 49.5 Å². The van der Waals surface area contributed by atoms with Crippen molar-refractivity contribution >= 4 is 44.6 Å². The second-order valence-electron chi connectivity index (χ2n) is 30.7. The molecule has 124 heavy (non-hydrogen) atoms. The molecule has 7 aromatic heterocycles. The van der Waals surface area contributed by atoms with E-state index in [9.17, 15) is 49.5 Å². The molecule has 0 saturated heterocycles. The van der Waals surface area contributed by atoms with E-state index in [1.54, 1.807) is 169 Å². The number of hydrogen-bond donors (Lipinski definition) is 0. The van der Waals surface area contributed by atoms with Gasteiger partial charge in [-0.15, -0.1) is 0 Å². The molecule has 620 valence electrons. The molecule has 0 radical (unpaired) electrons. The number of rotatable bonds is 15. The number of amides is 4. The number of sulfonamides is 1. The highest BCUT2D eigenvalue weighted by Crippen LogP contribution is 2.36. The van der Waals surface area contributed by atoms with Gasteiger partial charge in [-0.2, -0.15) is 24.7 Å². The van der Waals surface area contributed by atoms with Crippen molar-refractivity contribution in [2.24, 2.45) is 28.2 Å². The molecule has 5 aliphatic rings. The van der Waals surface area contributed by atoms with Gasteiger partial charge in [-0.25, -0.2) is 30.4 Å². The number of carbonyl (C=O) groups is 4. The fourth-order valence-corrected chi connectivity index (χ4v) is 17.4. The van der Waals surface area contributed by atoms with E-state index in [1.165, 1.54) is 28.6 Å². The summed E-state index contributed by atoms with van der Waals surface area (Å²) < 4.78 is 108. The third-order valence-electron chi connectivity index (χ3n) is 22.4. The number of halogens is 5. The van der Waals surface area contributed by atoms with Crippen LogP contribution in [0.4, 0.5) is 22.0 Å². The molecule has 0 spiro atoms. The van der Waals surface area contributed by atoms with Gasteiger partial charge >= 0.3 is 0 Å². The first-order chi connectivity index (χ1) is 60.0. The van der Waals surface area contributed by atoms with Crippen LogP contribution in [0.1, 0.15) is 97.3 Å². The Labute approximate surface area is 710 Å². The van der Waals surface area contributed by atoms with Crippen molar-refractivity contribution in [3.8, 4) is 50.2 Å². The van der Waals surface area contributed by atoms with Gasteiger partial charge in [0.15, 0.2) is 0 Å². The number of hydrogen-bond acceptors (Lipinski definition) is 12. The Hall–Kier alpha value is -14.9. The molecule has 16 aromatic rings. The molecular formula is C96H79F5N16O6S. The summed E-state index contributed by atoms with van der Waals surface area (Å²) in [6, 6.07) is 64.5. The van der Waals surface area contributed by atoms with Gasteiger partial charge in [0.25, 0.3) is 23.6 Å². The lowest BCUT2D eigenvalue weighted by atomic mass is 10.0. The Morgan fingerprint density at radius 3 is 1.24 bits per heavy atom. The summed E-state index contributed by atoms with van der Waals surface area (Å²) in [7, 11) is 3.74. The Morgan fingerprint density at radius 2 is 0.766 bits per heavy atom. The Balaban J connectivity index is 0.000000110. The summed E-state index contributed by atoms with van der Waals surface area (Å²) in [6.45, 7) is 3.22. The lowest BCUT2D eigenvalue weighted by Gasteiger charge is -2.16. The maximum absolute atomic E-state index is 14.8. The van der Waals surface area contributed by atoms with E-state index in [1.807, 2.05) is 165 Å². The number of nitrogens with zero attached hydrogens (tertiary/aromatic N) is 16. The molecule has 22 nitrogen and oxygen atoms in total. The van der Waals surface area contributed by atoms with E-state index in [4.69, 9.17) is 0 Å². The van der Waals surface area contributed by atoms with Crippen LogP contribution in [0.5, 0.6) is 0 Å². The first-order valence-electron chi connectivity index (χ1n) is 39.7. The van der Waals surface area contributed by atoms with Gasteiger partial charge < -0.3 is 24.2 Å². The van der Waals surface area contributed by atoms with Crippen molar-refractivity contribution in [3.05, 3.63) is 394 Å². The van der Waals surface area contributed by atoms with E-state index >= 15 is 0 Å². The van der Waals surface area contributed by atoms with Crippen molar-refractivity contribution in [1.82, 2.24) is 77.6 Å². The average molecular weight is 1680 g/mol. The molecule has 0 saturated carbocycles. The molecular weight excluding hydrogens is 1600 g/mol. The Kier molecular flexibility index (Phi) is 22.8. The molecule has 5 aliphatic heterocycles. The number of aryl methyl sites for hydroxylation is 4. The van der Waals surface area contributed by atoms with Crippen molar-refractivity contribution in [3.63, 3.8) is 0 Å². The van der Waals surface area contributed by atoms with Crippen LogP contribution in [0.15, 0.2) is 291 Å². The van der Waals surface area contributed by atoms with Crippen LogP contribution in [0, 0.1) is 29.1 Å². The second kappa shape index (κ2) is 34.7. The molecule has 28 heteroatoms. The number of benzene rings is 9. The van der Waals surface area contributed by atoms with Gasteiger partial charge in [0.2, 0.25) is 10.0 Å². The summed E-state index contributed by atoms with van der Waals surface area (Å²) in [5.74, 6) is -2.06. The maximum Gasteiger partial charge on any atom is 0.273 e. The number of carbonyl (C=O) groups excluding carboxylic acids is 4. The normalized spacial score (nSPS) is 13.9. The minimum absolute atomic E-state index is 0.0101.